The Balaban J connectivity index is 1.87. The fourth-order valence-electron chi connectivity index (χ4n) is 2.64. The van der Waals surface area contributed by atoms with Crippen LogP contribution in [-0.4, -0.2) is 18.7 Å². The minimum Gasteiger partial charge on any atom is -0.497 e. The van der Waals surface area contributed by atoms with Crippen LogP contribution in [0.4, 0.5) is 5.82 Å². The molecule has 2 N–H and O–H groups in total. The van der Waals surface area contributed by atoms with Gasteiger partial charge in [-0.05, 0) is 30.3 Å². The lowest BCUT2D eigenvalue weighted by atomic mass is 10.1. The molecule has 0 spiro atoms. The summed E-state index contributed by atoms with van der Waals surface area (Å²) in [6.07, 6.45) is 0.799. The molecule has 1 aromatic carbocycles. The van der Waals surface area contributed by atoms with Crippen LogP contribution in [0.5, 0.6) is 11.5 Å². The number of anilines is 1. The average molecular weight is 282 g/mol. The molecule has 2 aromatic heterocycles. The molecule has 0 fully saturated rings. The molecule has 0 radical (unpaired) electrons. The van der Waals surface area contributed by atoms with Gasteiger partial charge in [0.2, 0.25) is 5.71 Å². The van der Waals surface area contributed by atoms with Gasteiger partial charge in [-0.25, -0.2) is 0 Å². The van der Waals surface area contributed by atoms with Crippen molar-refractivity contribution >= 4 is 16.9 Å². The summed E-state index contributed by atoms with van der Waals surface area (Å²) >= 11 is 0. The normalized spacial score (nSPS) is 13.2. The van der Waals surface area contributed by atoms with Crippen molar-refractivity contribution in [1.29, 1.82) is 0 Å². The topological polar surface area (TPSA) is 70.5 Å². The first-order valence-electron chi connectivity index (χ1n) is 6.75. The molecule has 0 saturated carbocycles. The second-order valence-electron chi connectivity index (χ2n) is 4.96. The second kappa shape index (κ2) is 4.41. The van der Waals surface area contributed by atoms with Gasteiger partial charge in [0.1, 0.15) is 23.1 Å². The Morgan fingerprint density at radius 3 is 2.81 bits per heavy atom. The zero-order valence-electron chi connectivity index (χ0n) is 11.6. The molecule has 3 aromatic rings. The Morgan fingerprint density at radius 2 is 2.05 bits per heavy atom. The zero-order chi connectivity index (χ0) is 14.4. The van der Waals surface area contributed by atoms with E-state index in [1.807, 2.05) is 30.3 Å². The van der Waals surface area contributed by atoms with Crippen LogP contribution in [-0.2, 0) is 6.42 Å². The summed E-state index contributed by atoms with van der Waals surface area (Å²) in [7, 11) is 1.64. The number of furan rings is 1. The standard InChI is InChI=1S/C16H14N2O3/c1-19-10-4-2-9(3-5-10)13-8-12-14-11(6-7-20-14)15(17)18-16(12)21-13/h2-5,8H,6-7H2,1H3,(H2,17,18). The summed E-state index contributed by atoms with van der Waals surface area (Å²) in [6.45, 7) is 0.642. The second-order valence-corrected chi connectivity index (χ2v) is 4.96. The molecule has 106 valence electrons. The number of methoxy groups -OCH3 is 1. The Bertz CT molecular complexity index is 822. The maximum Gasteiger partial charge on any atom is 0.232 e. The van der Waals surface area contributed by atoms with Crippen LogP contribution >= 0.6 is 0 Å². The molecular formula is C16H14N2O3. The lowest BCUT2D eigenvalue weighted by Gasteiger charge is -2.01. The monoisotopic (exact) mass is 282 g/mol. The Hall–Kier alpha value is -2.69. The third-order valence-corrected chi connectivity index (χ3v) is 3.74. The predicted octanol–water partition coefficient (Wildman–Crippen LogP) is 3.02. The Labute approximate surface area is 121 Å². The molecule has 5 nitrogen and oxygen atoms in total. The number of nitrogen functional groups attached to an aromatic ring is 1. The van der Waals surface area contributed by atoms with Crippen molar-refractivity contribution in [2.45, 2.75) is 6.42 Å². The van der Waals surface area contributed by atoms with E-state index in [1.54, 1.807) is 7.11 Å². The van der Waals surface area contributed by atoms with Gasteiger partial charge in [-0.3, -0.25) is 0 Å². The van der Waals surface area contributed by atoms with E-state index in [0.717, 1.165) is 40.2 Å². The highest BCUT2D eigenvalue weighted by Crippen LogP contribution is 2.39. The number of aromatic nitrogens is 1. The van der Waals surface area contributed by atoms with Gasteiger partial charge in [0, 0.05) is 17.5 Å². The van der Waals surface area contributed by atoms with E-state index in [1.165, 1.54) is 0 Å². The first kappa shape index (κ1) is 12.1. The number of benzene rings is 1. The number of ether oxygens (including phenoxy) is 2. The molecule has 0 saturated heterocycles. The van der Waals surface area contributed by atoms with Gasteiger partial charge in [-0.1, -0.05) is 0 Å². The minimum atomic E-state index is 0.491. The number of nitrogens with zero attached hydrogens (tertiary/aromatic N) is 1. The minimum absolute atomic E-state index is 0.491. The van der Waals surface area contributed by atoms with E-state index >= 15 is 0 Å². The van der Waals surface area contributed by atoms with E-state index in [-0.39, 0.29) is 0 Å². The zero-order valence-corrected chi connectivity index (χ0v) is 11.6. The number of fused-ring (bicyclic) bond motifs is 3. The van der Waals surface area contributed by atoms with Crippen molar-refractivity contribution in [2.24, 2.45) is 0 Å². The molecule has 4 rings (SSSR count). The van der Waals surface area contributed by atoms with Gasteiger partial charge >= 0.3 is 0 Å². The van der Waals surface area contributed by atoms with E-state index in [9.17, 15) is 0 Å². The SMILES string of the molecule is COc1ccc(-c2cc3c4c(c(N)nc3o2)CCO4)cc1. The van der Waals surface area contributed by atoms with Crippen molar-refractivity contribution in [3.63, 3.8) is 0 Å². The molecular weight excluding hydrogens is 268 g/mol. The molecule has 5 heteroatoms. The number of hydrogen-bond acceptors (Lipinski definition) is 5. The summed E-state index contributed by atoms with van der Waals surface area (Å²) in [5, 5.41) is 0.877. The fraction of sp³-hybridized carbons (Fsp3) is 0.188. The van der Waals surface area contributed by atoms with Crippen LogP contribution in [0.15, 0.2) is 34.7 Å². The van der Waals surface area contributed by atoms with Crippen molar-refractivity contribution in [2.75, 3.05) is 19.5 Å². The van der Waals surface area contributed by atoms with Crippen molar-refractivity contribution in [3.05, 3.63) is 35.9 Å². The number of pyridine rings is 1. The highest BCUT2D eigenvalue weighted by atomic mass is 16.5. The first-order chi connectivity index (χ1) is 10.3. The summed E-state index contributed by atoms with van der Waals surface area (Å²) in [6, 6.07) is 9.63. The third-order valence-electron chi connectivity index (χ3n) is 3.74. The number of hydrogen-bond donors (Lipinski definition) is 1. The van der Waals surface area contributed by atoms with Crippen LogP contribution in [0.3, 0.4) is 0 Å². The maximum atomic E-state index is 5.96. The lowest BCUT2D eigenvalue weighted by molar-refractivity contribution is 0.360. The largest absolute Gasteiger partial charge is 0.497 e. The lowest BCUT2D eigenvalue weighted by Crippen LogP contribution is -1.94. The van der Waals surface area contributed by atoms with E-state index in [4.69, 9.17) is 19.6 Å². The number of nitrogens with two attached hydrogens (primary N) is 1. The average Bonchev–Trinajstić information content (AvgIpc) is 3.13. The van der Waals surface area contributed by atoms with Crippen molar-refractivity contribution in [3.8, 4) is 22.8 Å². The van der Waals surface area contributed by atoms with E-state index in [0.29, 0.717) is 18.1 Å². The third kappa shape index (κ3) is 1.81. The van der Waals surface area contributed by atoms with Crippen LogP contribution in [0.2, 0.25) is 0 Å². The van der Waals surface area contributed by atoms with Gasteiger partial charge in [-0.15, -0.1) is 0 Å². The Morgan fingerprint density at radius 1 is 1.24 bits per heavy atom. The van der Waals surface area contributed by atoms with Gasteiger partial charge in [-0.2, -0.15) is 4.98 Å². The molecule has 0 aliphatic carbocycles. The highest BCUT2D eigenvalue weighted by molar-refractivity contribution is 5.89. The summed E-state index contributed by atoms with van der Waals surface area (Å²) in [5.74, 6) is 2.84. The van der Waals surface area contributed by atoms with Gasteiger partial charge in [0.25, 0.3) is 0 Å². The first-order valence-corrected chi connectivity index (χ1v) is 6.75. The van der Waals surface area contributed by atoms with Gasteiger partial charge in [0.15, 0.2) is 0 Å². The van der Waals surface area contributed by atoms with Crippen molar-refractivity contribution < 1.29 is 13.9 Å². The molecule has 1 aliphatic rings. The number of rotatable bonds is 2. The smallest absolute Gasteiger partial charge is 0.232 e. The van der Waals surface area contributed by atoms with Crippen molar-refractivity contribution in [1.82, 2.24) is 4.98 Å². The summed E-state index contributed by atoms with van der Waals surface area (Å²) in [4.78, 5) is 4.33. The van der Waals surface area contributed by atoms with Crippen LogP contribution in [0.25, 0.3) is 22.4 Å². The van der Waals surface area contributed by atoms with E-state index < -0.39 is 0 Å². The maximum absolute atomic E-state index is 5.96. The molecule has 1 aliphatic heterocycles. The molecule has 0 bridgehead atoms. The van der Waals surface area contributed by atoms with E-state index in [2.05, 4.69) is 4.98 Å². The predicted molar refractivity (Wildman–Crippen MR) is 79.6 cm³/mol. The molecule has 0 amide bonds. The highest BCUT2D eigenvalue weighted by Gasteiger charge is 2.23. The quantitative estimate of drug-likeness (QED) is 0.782. The fourth-order valence-corrected chi connectivity index (χ4v) is 2.64. The molecule has 21 heavy (non-hydrogen) atoms. The molecule has 0 unspecified atom stereocenters. The van der Waals surface area contributed by atoms with Gasteiger partial charge < -0.3 is 19.6 Å². The summed E-state index contributed by atoms with van der Waals surface area (Å²) < 4.78 is 16.7. The van der Waals surface area contributed by atoms with Gasteiger partial charge in [0.05, 0.1) is 19.1 Å². The molecule has 3 heterocycles. The molecule has 0 atom stereocenters. The van der Waals surface area contributed by atoms with Crippen LogP contribution in [0, 0.1) is 0 Å². The van der Waals surface area contributed by atoms with Crippen LogP contribution in [0.1, 0.15) is 5.56 Å². The Kier molecular flexibility index (Phi) is 2.54. The van der Waals surface area contributed by atoms with Crippen LogP contribution < -0.4 is 15.2 Å². The summed E-state index contributed by atoms with van der Waals surface area (Å²) in [5.41, 5.74) is 8.40.